The summed E-state index contributed by atoms with van der Waals surface area (Å²) in [7, 11) is 1.78. The van der Waals surface area contributed by atoms with E-state index in [-0.39, 0.29) is 12.5 Å². The van der Waals surface area contributed by atoms with Gasteiger partial charge in [0.05, 0.1) is 17.6 Å². The third kappa shape index (κ3) is 3.21. The van der Waals surface area contributed by atoms with Crippen LogP contribution in [-0.2, 0) is 12.6 Å². The van der Waals surface area contributed by atoms with Gasteiger partial charge >= 0.3 is 0 Å². The Morgan fingerprint density at radius 2 is 2.32 bits per heavy atom. The van der Waals surface area contributed by atoms with Gasteiger partial charge in [0.1, 0.15) is 5.60 Å². The number of hydrogen-bond acceptors (Lipinski definition) is 4. The van der Waals surface area contributed by atoms with Gasteiger partial charge in [-0.3, -0.25) is 9.48 Å². The second-order valence-corrected chi connectivity index (χ2v) is 6.06. The molecule has 102 valence electrons. The molecule has 1 unspecified atom stereocenters. The molecule has 0 aliphatic carbocycles. The van der Waals surface area contributed by atoms with E-state index >= 15 is 0 Å². The van der Waals surface area contributed by atoms with E-state index in [2.05, 4.69) is 10.4 Å². The third-order valence-electron chi connectivity index (χ3n) is 2.88. The standard InChI is InChI=1S/C13H17N3O2S/c1-9-4-5-11(19-9)12(17)14-8-13(2,18)10-6-15-16(3)7-10/h4-7,18H,8H2,1-3H3,(H,14,17). The molecule has 5 nitrogen and oxygen atoms in total. The number of rotatable bonds is 4. The topological polar surface area (TPSA) is 67.2 Å². The number of carbonyl (C=O) groups is 1. The second-order valence-electron chi connectivity index (χ2n) is 4.77. The summed E-state index contributed by atoms with van der Waals surface area (Å²) in [5, 5.41) is 17.1. The highest BCUT2D eigenvalue weighted by molar-refractivity contribution is 7.13. The number of aryl methyl sites for hydroxylation is 2. The first-order valence-electron chi connectivity index (χ1n) is 5.94. The zero-order chi connectivity index (χ0) is 14.0. The average molecular weight is 279 g/mol. The van der Waals surface area contributed by atoms with Gasteiger partial charge < -0.3 is 10.4 Å². The van der Waals surface area contributed by atoms with Gasteiger partial charge in [0.25, 0.3) is 5.91 Å². The molecule has 6 heteroatoms. The van der Waals surface area contributed by atoms with Crippen LogP contribution in [0.1, 0.15) is 27.0 Å². The molecule has 0 aromatic carbocycles. The Hall–Kier alpha value is -1.66. The predicted octanol–water partition coefficient (Wildman–Crippen LogP) is 1.43. The van der Waals surface area contributed by atoms with Crippen LogP contribution < -0.4 is 5.32 Å². The highest BCUT2D eigenvalue weighted by atomic mass is 32.1. The lowest BCUT2D eigenvalue weighted by atomic mass is 10.00. The van der Waals surface area contributed by atoms with E-state index in [0.717, 1.165) is 4.88 Å². The van der Waals surface area contributed by atoms with Gasteiger partial charge in [0.15, 0.2) is 0 Å². The Kier molecular flexibility index (Phi) is 3.73. The molecule has 2 N–H and O–H groups in total. The van der Waals surface area contributed by atoms with E-state index < -0.39 is 5.60 Å². The van der Waals surface area contributed by atoms with Crippen molar-refractivity contribution in [3.05, 3.63) is 39.8 Å². The number of hydrogen-bond donors (Lipinski definition) is 2. The normalized spacial score (nSPS) is 14.1. The highest BCUT2D eigenvalue weighted by Gasteiger charge is 2.25. The van der Waals surface area contributed by atoms with Crippen LogP contribution in [0.3, 0.4) is 0 Å². The van der Waals surface area contributed by atoms with Crippen molar-refractivity contribution in [3.8, 4) is 0 Å². The minimum absolute atomic E-state index is 0.147. The molecule has 0 saturated heterocycles. The molecule has 2 aromatic rings. The van der Waals surface area contributed by atoms with E-state index in [9.17, 15) is 9.90 Å². The Morgan fingerprint density at radius 1 is 1.58 bits per heavy atom. The van der Waals surface area contributed by atoms with Gasteiger partial charge in [-0.1, -0.05) is 0 Å². The van der Waals surface area contributed by atoms with Crippen molar-refractivity contribution in [2.45, 2.75) is 19.4 Å². The molecule has 0 fully saturated rings. The molecule has 2 aromatic heterocycles. The van der Waals surface area contributed by atoms with Crippen LogP contribution in [0.5, 0.6) is 0 Å². The van der Waals surface area contributed by atoms with E-state index in [1.54, 1.807) is 37.1 Å². The van der Waals surface area contributed by atoms with Crippen LogP contribution in [0.2, 0.25) is 0 Å². The van der Waals surface area contributed by atoms with Crippen LogP contribution in [0, 0.1) is 6.92 Å². The maximum Gasteiger partial charge on any atom is 0.261 e. The number of carbonyl (C=O) groups excluding carboxylic acids is 1. The summed E-state index contributed by atoms with van der Waals surface area (Å²) in [6, 6.07) is 3.69. The molecule has 0 aliphatic heterocycles. The molecule has 0 radical (unpaired) electrons. The third-order valence-corrected chi connectivity index (χ3v) is 3.88. The minimum atomic E-state index is -1.13. The zero-order valence-electron chi connectivity index (χ0n) is 11.2. The van der Waals surface area contributed by atoms with E-state index in [1.165, 1.54) is 11.3 Å². The van der Waals surface area contributed by atoms with Crippen LogP contribution in [0.25, 0.3) is 0 Å². The molecule has 0 spiro atoms. The molecule has 2 heterocycles. The van der Waals surface area contributed by atoms with Crippen LogP contribution in [-0.4, -0.2) is 27.3 Å². The molecular weight excluding hydrogens is 262 g/mol. The highest BCUT2D eigenvalue weighted by Crippen LogP contribution is 2.19. The summed E-state index contributed by atoms with van der Waals surface area (Å²) in [6.07, 6.45) is 3.34. The second kappa shape index (κ2) is 5.14. The fourth-order valence-electron chi connectivity index (χ4n) is 1.70. The largest absolute Gasteiger partial charge is 0.383 e. The first-order valence-corrected chi connectivity index (χ1v) is 6.76. The fourth-order valence-corrected chi connectivity index (χ4v) is 2.48. The van der Waals surface area contributed by atoms with Crippen LogP contribution in [0.15, 0.2) is 24.5 Å². The maximum atomic E-state index is 11.9. The summed E-state index contributed by atoms with van der Waals surface area (Å²) >= 11 is 1.44. The monoisotopic (exact) mass is 279 g/mol. The van der Waals surface area contributed by atoms with Gasteiger partial charge in [0.2, 0.25) is 0 Å². The Morgan fingerprint density at radius 3 is 2.84 bits per heavy atom. The van der Waals surface area contributed by atoms with Gasteiger partial charge in [-0.05, 0) is 26.0 Å². The number of nitrogens with zero attached hydrogens (tertiary/aromatic N) is 2. The lowest BCUT2D eigenvalue weighted by molar-refractivity contribution is 0.0527. The number of aliphatic hydroxyl groups is 1. The molecule has 0 aliphatic rings. The summed E-state index contributed by atoms with van der Waals surface area (Å²) in [6.45, 7) is 3.76. The number of nitrogens with one attached hydrogen (secondary N) is 1. The molecule has 1 atom stereocenters. The Labute approximate surface area is 115 Å². The first kappa shape index (κ1) is 13.8. The van der Waals surface area contributed by atoms with Crippen molar-refractivity contribution in [2.24, 2.45) is 7.05 Å². The van der Waals surface area contributed by atoms with Crippen LogP contribution in [0.4, 0.5) is 0 Å². The zero-order valence-corrected chi connectivity index (χ0v) is 12.0. The van der Waals surface area contributed by atoms with Crippen molar-refractivity contribution in [2.75, 3.05) is 6.54 Å². The van der Waals surface area contributed by atoms with Gasteiger partial charge in [-0.15, -0.1) is 11.3 Å². The summed E-state index contributed by atoms with van der Waals surface area (Å²) in [5.41, 5.74) is -0.450. The maximum absolute atomic E-state index is 11.9. The molecule has 2 rings (SSSR count). The van der Waals surface area contributed by atoms with Crippen molar-refractivity contribution >= 4 is 17.2 Å². The fraction of sp³-hybridized carbons (Fsp3) is 0.385. The SMILES string of the molecule is Cc1ccc(C(=O)NCC(C)(O)c2cnn(C)c2)s1. The Bertz CT molecular complexity index is 586. The van der Waals surface area contributed by atoms with E-state index in [0.29, 0.717) is 10.4 Å². The number of thiophene rings is 1. The smallest absolute Gasteiger partial charge is 0.261 e. The molecule has 19 heavy (non-hydrogen) atoms. The van der Waals surface area contributed by atoms with E-state index in [4.69, 9.17) is 0 Å². The van der Waals surface area contributed by atoms with Crippen molar-refractivity contribution < 1.29 is 9.90 Å². The van der Waals surface area contributed by atoms with Crippen molar-refractivity contribution in [1.29, 1.82) is 0 Å². The van der Waals surface area contributed by atoms with Gasteiger partial charge in [-0.2, -0.15) is 5.10 Å². The molecule has 1 amide bonds. The van der Waals surface area contributed by atoms with Crippen molar-refractivity contribution in [1.82, 2.24) is 15.1 Å². The summed E-state index contributed by atoms with van der Waals surface area (Å²) in [5.74, 6) is -0.165. The van der Waals surface area contributed by atoms with E-state index in [1.807, 2.05) is 13.0 Å². The lowest BCUT2D eigenvalue weighted by Gasteiger charge is -2.22. The summed E-state index contributed by atoms with van der Waals surface area (Å²) in [4.78, 5) is 13.6. The number of amides is 1. The Balaban J connectivity index is 2.00. The van der Waals surface area contributed by atoms with Gasteiger partial charge in [0, 0.05) is 23.7 Å². The first-order chi connectivity index (χ1) is 8.88. The molecule has 0 saturated carbocycles. The summed E-state index contributed by atoms with van der Waals surface area (Å²) < 4.78 is 1.62. The molecule has 0 bridgehead atoms. The van der Waals surface area contributed by atoms with Crippen LogP contribution >= 0.6 is 11.3 Å². The molecular formula is C13H17N3O2S. The van der Waals surface area contributed by atoms with Gasteiger partial charge in [-0.25, -0.2) is 0 Å². The lowest BCUT2D eigenvalue weighted by Crippen LogP contribution is -2.38. The quantitative estimate of drug-likeness (QED) is 0.889. The van der Waals surface area contributed by atoms with Crippen molar-refractivity contribution in [3.63, 3.8) is 0 Å². The predicted molar refractivity (Wildman–Crippen MR) is 74.2 cm³/mol. The minimum Gasteiger partial charge on any atom is -0.383 e. The average Bonchev–Trinajstić information content (AvgIpc) is 2.95. The number of aromatic nitrogens is 2.